The summed E-state index contributed by atoms with van der Waals surface area (Å²) in [4.78, 5) is 53.7. The van der Waals surface area contributed by atoms with Crippen LogP contribution >= 0.6 is 24.0 Å². The molecule has 1 aliphatic heterocycles. The van der Waals surface area contributed by atoms with Gasteiger partial charge in [-0.05, 0) is 48.3 Å². The fourth-order valence-electron chi connectivity index (χ4n) is 3.44. The number of fused-ring (bicyclic) bond motifs is 1. The van der Waals surface area contributed by atoms with Crippen LogP contribution in [0.15, 0.2) is 58.2 Å². The molecule has 8 nitrogen and oxygen atoms in total. The van der Waals surface area contributed by atoms with E-state index in [1.165, 1.54) is 28.8 Å². The number of halogens is 1. The highest BCUT2D eigenvalue weighted by Crippen LogP contribution is 2.32. The second-order valence-corrected chi connectivity index (χ2v) is 8.77. The van der Waals surface area contributed by atoms with Gasteiger partial charge in [-0.2, -0.15) is 0 Å². The normalized spacial score (nSPS) is 14.9. The number of aromatic nitrogens is 2. The number of hydrogen-bond donors (Lipinski definition) is 2. The molecular formula is C23H19FN4O4S2. The van der Waals surface area contributed by atoms with Gasteiger partial charge in [0.1, 0.15) is 5.82 Å². The number of rotatable bonds is 7. The summed E-state index contributed by atoms with van der Waals surface area (Å²) < 4.78 is 15.4. The molecule has 0 aliphatic carbocycles. The number of carbonyl (C=O) groups excluding carboxylic acids is 3. The molecule has 1 saturated heterocycles. The van der Waals surface area contributed by atoms with Gasteiger partial charge in [-0.25, -0.2) is 4.39 Å². The van der Waals surface area contributed by atoms with Gasteiger partial charge in [0.2, 0.25) is 5.91 Å². The smallest absolute Gasteiger partial charge is 0.293 e. The van der Waals surface area contributed by atoms with E-state index < -0.39 is 17.0 Å². The Labute approximate surface area is 202 Å². The zero-order chi connectivity index (χ0) is 24.2. The predicted octanol–water partition coefficient (Wildman–Crippen LogP) is 3.44. The highest BCUT2D eigenvalue weighted by Gasteiger charge is 2.34. The van der Waals surface area contributed by atoms with Gasteiger partial charge in [0.25, 0.3) is 16.7 Å². The lowest BCUT2D eigenvalue weighted by Gasteiger charge is -2.13. The largest absolute Gasteiger partial charge is 0.354 e. The van der Waals surface area contributed by atoms with Crippen LogP contribution in [0.25, 0.3) is 17.0 Å². The van der Waals surface area contributed by atoms with Crippen LogP contribution in [-0.2, 0) is 16.1 Å². The number of nitrogens with zero attached hydrogens (tertiary/aromatic N) is 2. The summed E-state index contributed by atoms with van der Waals surface area (Å²) in [5, 5.41) is 2.62. The predicted molar refractivity (Wildman–Crippen MR) is 130 cm³/mol. The maximum Gasteiger partial charge on any atom is 0.293 e. The first-order chi connectivity index (χ1) is 16.3. The van der Waals surface area contributed by atoms with E-state index in [0.29, 0.717) is 10.9 Å². The summed E-state index contributed by atoms with van der Waals surface area (Å²) in [6, 6.07) is 12.9. The van der Waals surface area contributed by atoms with Gasteiger partial charge in [-0.1, -0.05) is 30.3 Å². The Morgan fingerprint density at radius 1 is 1.09 bits per heavy atom. The Balaban J connectivity index is 1.32. The number of hydrogen-bond acceptors (Lipinski definition) is 6. The van der Waals surface area contributed by atoms with Crippen LogP contribution in [0.2, 0.25) is 0 Å². The van der Waals surface area contributed by atoms with Crippen LogP contribution in [-0.4, -0.2) is 44.6 Å². The van der Waals surface area contributed by atoms with Crippen LogP contribution < -0.4 is 10.9 Å². The first-order valence-electron chi connectivity index (χ1n) is 10.3. The highest BCUT2D eigenvalue weighted by molar-refractivity contribution is 8.18. The maximum absolute atomic E-state index is 13.8. The first kappa shape index (κ1) is 23.6. The van der Waals surface area contributed by atoms with Gasteiger partial charge in [0.05, 0.1) is 15.8 Å². The summed E-state index contributed by atoms with van der Waals surface area (Å²) in [6.45, 7) is 0.0993. The lowest BCUT2D eigenvalue weighted by atomic mass is 10.2. The summed E-state index contributed by atoms with van der Waals surface area (Å²) in [6.07, 6.45) is 1.33. The van der Waals surface area contributed by atoms with Crippen LogP contribution in [0.5, 0.6) is 0 Å². The topological polar surface area (TPSA) is 104 Å². The van der Waals surface area contributed by atoms with Gasteiger partial charge in [-0.15, -0.1) is 0 Å². The summed E-state index contributed by atoms with van der Waals surface area (Å²) >= 11 is 5.96. The van der Waals surface area contributed by atoms with Crippen molar-refractivity contribution in [3.63, 3.8) is 0 Å². The molecule has 2 N–H and O–H groups in total. The van der Waals surface area contributed by atoms with E-state index in [1.807, 2.05) is 0 Å². The van der Waals surface area contributed by atoms with E-state index in [2.05, 4.69) is 10.3 Å². The number of thioether (sulfide) groups is 1. The summed E-state index contributed by atoms with van der Waals surface area (Å²) in [5.74, 6) is -1.39. The lowest BCUT2D eigenvalue weighted by Crippen LogP contribution is -2.37. The molecule has 34 heavy (non-hydrogen) atoms. The van der Waals surface area contributed by atoms with Gasteiger partial charge < -0.3 is 10.3 Å². The molecular weight excluding hydrogens is 479 g/mol. The van der Waals surface area contributed by atoms with Crippen molar-refractivity contribution in [2.45, 2.75) is 13.0 Å². The van der Waals surface area contributed by atoms with E-state index in [4.69, 9.17) is 12.2 Å². The van der Waals surface area contributed by atoms with Crippen molar-refractivity contribution in [3.8, 4) is 0 Å². The van der Waals surface area contributed by atoms with Gasteiger partial charge in [0.15, 0.2) is 4.77 Å². The van der Waals surface area contributed by atoms with Gasteiger partial charge in [0, 0.05) is 31.6 Å². The van der Waals surface area contributed by atoms with Crippen molar-refractivity contribution in [2.24, 2.45) is 0 Å². The van der Waals surface area contributed by atoms with E-state index in [0.717, 1.165) is 16.7 Å². The van der Waals surface area contributed by atoms with Crippen LogP contribution in [0.4, 0.5) is 9.18 Å². The number of nitrogens with one attached hydrogen (secondary N) is 2. The molecule has 3 aromatic rings. The number of H-pyrrole nitrogens is 1. The van der Waals surface area contributed by atoms with Gasteiger partial charge in [-0.3, -0.25) is 28.6 Å². The number of para-hydroxylation sites is 1. The third-order valence-corrected chi connectivity index (χ3v) is 6.40. The zero-order valence-corrected chi connectivity index (χ0v) is 19.4. The van der Waals surface area contributed by atoms with Crippen molar-refractivity contribution in [1.82, 2.24) is 19.8 Å². The van der Waals surface area contributed by atoms with Crippen molar-refractivity contribution in [1.29, 1.82) is 0 Å². The molecule has 0 radical (unpaired) electrons. The Kier molecular flexibility index (Phi) is 7.03. The number of carbonyl (C=O) groups is 3. The fourth-order valence-corrected chi connectivity index (χ4v) is 4.58. The number of aromatic amines is 1. The SMILES string of the molecule is O=C(CCn1c(=S)[nH]c2ccccc2c1=O)NCCN1C(=O)SC(=Cc2ccccc2F)C1=O. The lowest BCUT2D eigenvalue weighted by molar-refractivity contribution is -0.124. The molecule has 1 aromatic heterocycles. The Morgan fingerprint density at radius 2 is 1.82 bits per heavy atom. The molecule has 4 rings (SSSR count). The minimum Gasteiger partial charge on any atom is -0.354 e. The first-order valence-corrected chi connectivity index (χ1v) is 11.6. The van der Waals surface area contributed by atoms with Crippen LogP contribution in [0.1, 0.15) is 12.0 Å². The molecule has 1 fully saturated rings. The van der Waals surface area contributed by atoms with Crippen molar-refractivity contribution >= 4 is 58.0 Å². The quantitative estimate of drug-likeness (QED) is 0.382. The molecule has 0 unspecified atom stereocenters. The molecule has 2 aromatic carbocycles. The third kappa shape index (κ3) is 5.00. The Morgan fingerprint density at radius 3 is 2.62 bits per heavy atom. The molecule has 3 amide bonds. The number of amides is 3. The molecule has 11 heteroatoms. The molecule has 1 aliphatic rings. The monoisotopic (exact) mass is 498 g/mol. The van der Waals surface area contributed by atoms with E-state index in [-0.39, 0.29) is 52.8 Å². The molecule has 2 heterocycles. The van der Waals surface area contributed by atoms with Crippen molar-refractivity contribution < 1.29 is 18.8 Å². The molecule has 0 atom stereocenters. The average Bonchev–Trinajstić information content (AvgIpc) is 3.08. The number of imide groups is 1. The van der Waals surface area contributed by atoms with Gasteiger partial charge >= 0.3 is 0 Å². The van der Waals surface area contributed by atoms with Crippen molar-refractivity contribution in [2.75, 3.05) is 13.1 Å². The molecule has 0 bridgehead atoms. The fraction of sp³-hybridized carbons (Fsp3) is 0.174. The standard InChI is InChI=1S/C23H19FN4O4S2/c24-16-7-3-1-5-14(16)13-18-21(31)28(23(32)34-18)12-10-25-19(29)9-11-27-20(30)15-6-2-4-8-17(15)26-22(27)33/h1-8,13H,9-12H2,(H,25,29)(H,26,33). The summed E-state index contributed by atoms with van der Waals surface area (Å²) in [7, 11) is 0. The molecule has 0 saturated carbocycles. The second-order valence-electron chi connectivity index (χ2n) is 7.39. The minimum atomic E-state index is -0.540. The Hall–Kier alpha value is -3.57. The molecule has 0 spiro atoms. The molecule has 174 valence electrons. The average molecular weight is 499 g/mol. The van der Waals surface area contributed by atoms with E-state index in [1.54, 1.807) is 30.3 Å². The number of benzene rings is 2. The zero-order valence-electron chi connectivity index (χ0n) is 17.7. The summed E-state index contributed by atoms with van der Waals surface area (Å²) in [5.41, 5.74) is 0.551. The van der Waals surface area contributed by atoms with E-state index >= 15 is 0 Å². The third-order valence-electron chi connectivity index (χ3n) is 5.17. The Bertz CT molecular complexity index is 1450. The van der Waals surface area contributed by atoms with Crippen LogP contribution in [0, 0.1) is 10.6 Å². The second kappa shape index (κ2) is 10.1. The van der Waals surface area contributed by atoms with Crippen molar-refractivity contribution in [3.05, 3.63) is 79.9 Å². The minimum absolute atomic E-state index is 0.00912. The highest BCUT2D eigenvalue weighted by atomic mass is 32.2. The van der Waals surface area contributed by atoms with Crippen LogP contribution in [0.3, 0.4) is 0 Å². The van der Waals surface area contributed by atoms with E-state index in [9.17, 15) is 23.6 Å². The maximum atomic E-state index is 13.8.